The van der Waals surface area contributed by atoms with E-state index >= 15 is 0 Å². The lowest BCUT2D eigenvalue weighted by Gasteiger charge is -2.22. The van der Waals surface area contributed by atoms with E-state index in [9.17, 15) is 13.5 Å². The van der Waals surface area contributed by atoms with Gasteiger partial charge in [0.15, 0.2) is 0 Å². The highest BCUT2D eigenvalue weighted by atomic mass is 32.2. The first-order chi connectivity index (χ1) is 9.76. The Bertz CT molecular complexity index is 558. The third kappa shape index (κ3) is 5.91. The zero-order valence-corrected chi connectivity index (χ0v) is 13.7. The third-order valence-electron chi connectivity index (χ3n) is 3.12. The number of aliphatic hydroxyl groups is 1. The molecule has 6 nitrogen and oxygen atoms in total. The molecule has 1 rings (SSSR count). The van der Waals surface area contributed by atoms with Gasteiger partial charge in [-0.25, -0.2) is 8.42 Å². The number of rotatable bonds is 8. The first kappa shape index (κ1) is 17.7. The molecule has 1 aromatic carbocycles. The topological polar surface area (TPSA) is 76.1 Å². The number of hydrogen-bond acceptors (Lipinski definition) is 6. The van der Waals surface area contributed by atoms with Gasteiger partial charge in [-0.3, -0.25) is 0 Å². The third-order valence-corrected chi connectivity index (χ3v) is 4.05. The second-order valence-corrected chi connectivity index (χ2v) is 7.28. The van der Waals surface area contributed by atoms with E-state index in [-0.39, 0.29) is 5.75 Å². The van der Waals surface area contributed by atoms with Crippen LogP contribution in [0.15, 0.2) is 18.2 Å². The van der Waals surface area contributed by atoms with Gasteiger partial charge in [0.25, 0.3) is 0 Å². The van der Waals surface area contributed by atoms with Gasteiger partial charge in [-0.05, 0) is 25.2 Å². The van der Waals surface area contributed by atoms with E-state index in [2.05, 4.69) is 0 Å². The van der Waals surface area contributed by atoms with Gasteiger partial charge >= 0.3 is 0 Å². The van der Waals surface area contributed by atoms with Gasteiger partial charge < -0.3 is 19.5 Å². The minimum Gasteiger partial charge on any atom is -0.497 e. The lowest BCUT2D eigenvalue weighted by Crippen LogP contribution is -2.29. The normalized spacial score (nSPS) is 13.2. The summed E-state index contributed by atoms with van der Waals surface area (Å²) < 4.78 is 32.7. The van der Waals surface area contributed by atoms with E-state index in [1.165, 1.54) is 13.4 Å². The van der Waals surface area contributed by atoms with Crippen LogP contribution in [0.1, 0.15) is 11.7 Å². The summed E-state index contributed by atoms with van der Waals surface area (Å²) in [5, 5.41) is 10.3. The molecule has 1 aromatic rings. The van der Waals surface area contributed by atoms with E-state index in [1.54, 1.807) is 37.3 Å². The molecular formula is C14H23NO5S. The van der Waals surface area contributed by atoms with Crippen molar-refractivity contribution in [2.45, 2.75) is 6.10 Å². The molecule has 1 N–H and O–H groups in total. The molecule has 0 saturated heterocycles. The number of hydrogen-bond donors (Lipinski definition) is 1. The van der Waals surface area contributed by atoms with Crippen molar-refractivity contribution in [2.75, 3.05) is 46.4 Å². The summed E-state index contributed by atoms with van der Waals surface area (Å²) in [5.74, 6) is 1.26. The number of likely N-dealkylation sites (N-methyl/N-ethyl adjacent to an activating group) is 1. The van der Waals surface area contributed by atoms with Gasteiger partial charge in [-0.1, -0.05) is 0 Å². The number of ether oxygens (including phenoxy) is 2. The second kappa shape index (κ2) is 7.63. The first-order valence-corrected chi connectivity index (χ1v) is 8.59. The highest BCUT2D eigenvalue weighted by Crippen LogP contribution is 2.29. The molecule has 0 fully saturated rings. The van der Waals surface area contributed by atoms with Crippen LogP contribution in [0.5, 0.6) is 11.5 Å². The van der Waals surface area contributed by atoms with Crippen molar-refractivity contribution in [3.63, 3.8) is 0 Å². The minimum atomic E-state index is -3.01. The Balaban J connectivity index is 2.76. The maximum Gasteiger partial charge on any atom is 0.148 e. The Morgan fingerprint density at radius 2 is 1.95 bits per heavy atom. The van der Waals surface area contributed by atoms with Crippen molar-refractivity contribution in [3.8, 4) is 11.5 Å². The van der Waals surface area contributed by atoms with Gasteiger partial charge in [-0.15, -0.1) is 0 Å². The SMILES string of the molecule is COc1ccc(OC)c(C(O)CN(C)CCS(C)(=O)=O)c1. The van der Waals surface area contributed by atoms with Crippen molar-refractivity contribution in [1.82, 2.24) is 4.90 Å². The summed E-state index contributed by atoms with van der Waals surface area (Å²) >= 11 is 0. The Morgan fingerprint density at radius 3 is 2.48 bits per heavy atom. The van der Waals surface area contributed by atoms with Crippen molar-refractivity contribution in [3.05, 3.63) is 23.8 Å². The summed E-state index contributed by atoms with van der Waals surface area (Å²) in [7, 11) is 1.84. The number of nitrogens with zero attached hydrogens (tertiary/aromatic N) is 1. The van der Waals surface area contributed by atoms with E-state index in [0.29, 0.717) is 30.2 Å². The average molecular weight is 317 g/mol. The van der Waals surface area contributed by atoms with Crippen LogP contribution in [0.25, 0.3) is 0 Å². The average Bonchev–Trinajstić information content (AvgIpc) is 2.43. The zero-order chi connectivity index (χ0) is 16.0. The van der Waals surface area contributed by atoms with Crippen molar-refractivity contribution < 1.29 is 23.0 Å². The summed E-state index contributed by atoms with van der Waals surface area (Å²) in [5.41, 5.74) is 0.614. The number of aliphatic hydroxyl groups excluding tert-OH is 1. The smallest absolute Gasteiger partial charge is 0.148 e. The fourth-order valence-electron chi connectivity index (χ4n) is 1.91. The Labute approximate surface area is 126 Å². The highest BCUT2D eigenvalue weighted by Gasteiger charge is 2.17. The first-order valence-electron chi connectivity index (χ1n) is 6.53. The lowest BCUT2D eigenvalue weighted by atomic mass is 10.1. The van der Waals surface area contributed by atoms with Crippen molar-refractivity contribution in [2.24, 2.45) is 0 Å². The molecule has 1 atom stereocenters. The predicted molar refractivity (Wildman–Crippen MR) is 81.7 cm³/mol. The van der Waals surface area contributed by atoms with Crippen LogP contribution >= 0.6 is 0 Å². The molecule has 0 saturated carbocycles. The minimum absolute atomic E-state index is 0.0610. The Hall–Kier alpha value is -1.31. The molecule has 0 aromatic heterocycles. The maximum absolute atomic E-state index is 11.1. The molecule has 1 unspecified atom stereocenters. The lowest BCUT2D eigenvalue weighted by molar-refractivity contribution is 0.126. The fourth-order valence-corrected chi connectivity index (χ4v) is 2.55. The molecule has 0 amide bonds. The van der Waals surface area contributed by atoms with E-state index in [1.807, 2.05) is 0 Å². The quantitative estimate of drug-likeness (QED) is 0.761. The Kier molecular flexibility index (Phi) is 6.44. The van der Waals surface area contributed by atoms with E-state index in [0.717, 1.165) is 0 Å². The van der Waals surface area contributed by atoms with Gasteiger partial charge in [0.05, 0.1) is 26.1 Å². The molecule has 7 heteroatoms. The molecule has 21 heavy (non-hydrogen) atoms. The summed E-state index contributed by atoms with van der Waals surface area (Å²) in [6.45, 7) is 0.668. The summed E-state index contributed by atoms with van der Waals surface area (Å²) in [6, 6.07) is 5.20. The predicted octanol–water partition coefficient (Wildman–Crippen LogP) is 0.714. The van der Waals surface area contributed by atoms with Gasteiger partial charge in [-0.2, -0.15) is 0 Å². The summed E-state index contributed by atoms with van der Waals surface area (Å²) in [4.78, 5) is 1.77. The van der Waals surface area contributed by atoms with Crippen molar-refractivity contribution in [1.29, 1.82) is 0 Å². The number of benzene rings is 1. The molecule has 0 spiro atoms. The number of methoxy groups -OCH3 is 2. The van der Waals surface area contributed by atoms with Crippen LogP contribution in [-0.4, -0.2) is 64.8 Å². The van der Waals surface area contributed by atoms with Crippen LogP contribution in [0.3, 0.4) is 0 Å². The molecule has 0 heterocycles. The standard InChI is InChI=1S/C14H23NO5S/c1-15(7-8-21(4,17)18)10-13(16)12-9-11(19-2)5-6-14(12)20-3/h5-6,9,13,16H,7-8,10H2,1-4H3. The van der Waals surface area contributed by atoms with Crippen molar-refractivity contribution >= 4 is 9.84 Å². The highest BCUT2D eigenvalue weighted by molar-refractivity contribution is 7.90. The summed E-state index contributed by atoms with van der Waals surface area (Å²) in [6.07, 6.45) is 0.405. The molecule has 0 bridgehead atoms. The molecule has 120 valence electrons. The van der Waals surface area contributed by atoms with Gasteiger partial charge in [0.2, 0.25) is 0 Å². The number of sulfone groups is 1. The van der Waals surface area contributed by atoms with E-state index in [4.69, 9.17) is 9.47 Å². The molecule has 0 radical (unpaired) electrons. The Morgan fingerprint density at radius 1 is 1.29 bits per heavy atom. The second-order valence-electron chi connectivity index (χ2n) is 5.02. The van der Waals surface area contributed by atoms with Crippen LogP contribution in [0.4, 0.5) is 0 Å². The molecule has 0 aliphatic carbocycles. The molecular weight excluding hydrogens is 294 g/mol. The monoisotopic (exact) mass is 317 g/mol. The molecule has 0 aliphatic heterocycles. The van der Waals surface area contributed by atoms with Gasteiger partial charge in [0, 0.05) is 24.9 Å². The van der Waals surface area contributed by atoms with Crippen LogP contribution in [-0.2, 0) is 9.84 Å². The van der Waals surface area contributed by atoms with Gasteiger partial charge in [0.1, 0.15) is 21.3 Å². The van der Waals surface area contributed by atoms with Crippen LogP contribution < -0.4 is 9.47 Å². The molecule has 0 aliphatic rings. The van der Waals surface area contributed by atoms with Crippen LogP contribution in [0.2, 0.25) is 0 Å². The fraction of sp³-hybridized carbons (Fsp3) is 0.571. The maximum atomic E-state index is 11.1. The largest absolute Gasteiger partial charge is 0.497 e. The zero-order valence-electron chi connectivity index (χ0n) is 12.9. The van der Waals surface area contributed by atoms with E-state index < -0.39 is 15.9 Å². The van der Waals surface area contributed by atoms with Crippen LogP contribution in [0, 0.1) is 0 Å².